The van der Waals surface area contributed by atoms with Gasteiger partial charge >= 0.3 is 0 Å². The van der Waals surface area contributed by atoms with Crippen LogP contribution in [0.2, 0.25) is 0 Å². The molecule has 0 saturated heterocycles. The first-order valence-corrected chi connectivity index (χ1v) is 9.12. The number of rotatable bonds is 4. The molecule has 0 aromatic rings. The summed E-state index contributed by atoms with van der Waals surface area (Å²) in [7, 11) is 0. The molecule has 2 nitrogen and oxygen atoms in total. The Bertz CT molecular complexity index is 376. The highest BCUT2D eigenvalue weighted by molar-refractivity contribution is 5.16. The first-order valence-electron chi connectivity index (χ1n) is 9.12. The molecule has 2 aliphatic carbocycles. The zero-order valence-electron chi connectivity index (χ0n) is 14.2. The molecule has 120 valence electrons. The molecule has 0 aromatic heterocycles. The summed E-state index contributed by atoms with van der Waals surface area (Å²) in [5.41, 5.74) is -1.22. The highest BCUT2D eigenvalue weighted by Gasteiger charge is 2.57. The molecule has 1 N–H and O–H groups in total. The molecular weight excluding hydrogens is 258 g/mol. The van der Waals surface area contributed by atoms with E-state index in [2.05, 4.69) is 26.8 Å². The van der Waals surface area contributed by atoms with Crippen LogP contribution in [0.15, 0.2) is 0 Å². The largest absolute Gasteiger partial charge is 0.388 e. The van der Waals surface area contributed by atoms with Gasteiger partial charge in [-0.3, -0.25) is 0 Å². The van der Waals surface area contributed by atoms with Crippen molar-refractivity contribution in [2.75, 3.05) is 0 Å². The van der Waals surface area contributed by atoms with Crippen molar-refractivity contribution in [3.05, 3.63) is 0 Å². The first kappa shape index (κ1) is 16.8. The molecule has 0 bridgehead atoms. The van der Waals surface area contributed by atoms with E-state index in [1.54, 1.807) is 0 Å². The van der Waals surface area contributed by atoms with Gasteiger partial charge in [0.25, 0.3) is 0 Å². The summed E-state index contributed by atoms with van der Waals surface area (Å²) in [6.07, 6.45) is 10.8. The molecule has 0 radical (unpaired) electrons. The van der Waals surface area contributed by atoms with E-state index in [0.29, 0.717) is 11.8 Å². The molecule has 2 heteroatoms. The third kappa shape index (κ3) is 3.00. The van der Waals surface area contributed by atoms with Crippen molar-refractivity contribution in [3.8, 4) is 6.07 Å². The predicted octanol–water partition coefficient (Wildman–Crippen LogP) is 5.06. The van der Waals surface area contributed by atoms with Crippen molar-refractivity contribution in [1.82, 2.24) is 0 Å². The Labute approximate surface area is 130 Å². The molecule has 2 atom stereocenters. The quantitative estimate of drug-likeness (QED) is 0.786. The van der Waals surface area contributed by atoms with Crippen molar-refractivity contribution in [3.63, 3.8) is 0 Å². The zero-order valence-corrected chi connectivity index (χ0v) is 14.2. The molecule has 2 unspecified atom stereocenters. The summed E-state index contributed by atoms with van der Waals surface area (Å²) >= 11 is 0. The number of hydrogen-bond donors (Lipinski definition) is 1. The Kier molecular flexibility index (Phi) is 5.36. The summed E-state index contributed by atoms with van der Waals surface area (Å²) in [6, 6.07) is 2.63. The number of nitrogens with zero attached hydrogens (tertiary/aromatic N) is 1. The minimum absolute atomic E-state index is 0.300. The second kappa shape index (κ2) is 6.69. The van der Waals surface area contributed by atoms with Crippen molar-refractivity contribution < 1.29 is 5.11 Å². The van der Waals surface area contributed by atoms with Gasteiger partial charge in [0.2, 0.25) is 0 Å². The van der Waals surface area contributed by atoms with Gasteiger partial charge in [0.1, 0.15) is 0 Å². The topological polar surface area (TPSA) is 44.0 Å². The van der Waals surface area contributed by atoms with E-state index in [9.17, 15) is 10.4 Å². The Morgan fingerprint density at radius 3 is 2.33 bits per heavy atom. The molecule has 0 aliphatic heterocycles. The maximum atomic E-state index is 11.6. The lowest BCUT2D eigenvalue weighted by Crippen LogP contribution is -2.57. The molecule has 2 aliphatic rings. The first-order chi connectivity index (χ1) is 9.99. The summed E-state index contributed by atoms with van der Waals surface area (Å²) in [4.78, 5) is 0. The van der Waals surface area contributed by atoms with Crippen LogP contribution in [-0.4, -0.2) is 10.7 Å². The Morgan fingerprint density at radius 2 is 1.81 bits per heavy atom. The fourth-order valence-electron chi connectivity index (χ4n) is 5.17. The van der Waals surface area contributed by atoms with Crippen molar-refractivity contribution in [1.29, 1.82) is 5.26 Å². The summed E-state index contributed by atoms with van der Waals surface area (Å²) in [5, 5.41) is 21.5. The lowest BCUT2D eigenvalue weighted by atomic mass is 9.53. The van der Waals surface area contributed by atoms with Gasteiger partial charge in [0, 0.05) is 0 Å². The van der Waals surface area contributed by atoms with E-state index in [1.165, 1.54) is 19.3 Å². The Hall–Kier alpha value is -0.550. The SMILES string of the molecule is CCCC1CCC(C#N)(C2(O)CCCCC2C(C)C)CC1. The lowest BCUT2D eigenvalue weighted by Gasteiger charge is -2.53. The molecule has 0 aromatic carbocycles. The Balaban J connectivity index is 2.21. The maximum Gasteiger partial charge on any atom is 0.0863 e. The maximum absolute atomic E-state index is 11.6. The molecule has 0 amide bonds. The smallest absolute Gasteiger partial charge is 0.0863 e. The normalized spacial score (nSPS) is 41.0. The lowest BCUT2D eigenvalue weighted by molar-refractivity contribution is -0.152. The predicted molar refractivity (Wildman–Crippen MR) is 86.7 cm³/mol. The summed E-state index contributed by atoms with van der Waals surface area (Å²) in [5.74, 6) is 1.55. The van der Waals surface area contributed by atoms with E-state index in [0.717, 1.165) is 50.9 Å². The van der Waals surface area contributed by atoms with E-state index in [1.807, 2.05) is 0 Å². The zero-order chi connectivity index (χ0) is 15.5. The number of aliphatic hydroxyl groups is 1. The van der Waals surface area contributed by atoms with E-state index >= 15 is 0 Å². The van der Waals surface area contributed by atoms with Crippen LogP contribution in [-0.2, 0) is 0 Å². The van der Waals surface area contributed by atoms with Crippen molar-refractivity contribution in [2.45, 2.75) is 90.6 Å². The van der Waals surface area contributed by atoms with Gasteiger partial charge in [0.15, 0.2) is 0 Å². The summed E-state index contributed by atoms with van der Waals surface area (Å²) in [6.45, 7) is 6.68. The molecule has 21 heavy (non-hydrogen) atoms. The summed E-state index contributed by atoms with van der Waals surface area (Å²) < 4.78 is 0. The van der Waals surface area contributed by atoms with Crippen LogP contribution in [0.25, 0.3) is 0 Å². The second-order valence-corrected chi connectivity index (χ2v) is 7.95. The van der Waals surface area contributed by atoms with Crippen molar-refractivity contribution in [2.24, 2.45) is 23.2 Å². The second-order valence-electron chi connectivity index (χ2n) is 7.95. The fraction of sp³-hybridized carbons (Fsp3) is 0.947. The van der Waals surface area contributed by atoms with E-state index < -0.39 is 11.0 Å². The average molecular weight is 291 g/mol. The third-order valence-corrected chi connectivity index (χ3v) is 6.44. The van der Waals surface area contributed by atoms with Gasteiger partial charge in [-0.1, -0.05) is 46.5 Å². The monoisotopic (exact) mass is 291 g/mol. The van der Waals surface area contributed by atoms with Gasteiger partial charge < -0.3 is 5.11 Å². The van der Waals surface area contributed by atoms with E-state index in [-0.39, 0.29) is 0 Å². The molecule has 0 spiro atoms. The molecule has 2 fully saturated rings. The standard InChI is InChI=1S/C19H33NO/c1-4-7-16-9-12-18(14-20,13-10-16)19(21)11-6-5-8-17(19)15(2)3/h15-17,21H,4-13H2,1-3H3. The third-order valence-electron chi connectivity index (χ3n) is 6.44. The fourth-order valence-corrected chi connectivity index (χ4v) is 5.17. The van der Waals surface area contributed by atoms with Crippen LogP contribution < -0.4 is 0 Å². The number of nitriles is 1. The van der Waals surface area contributed by atoms with Crippen LogP contribution in [0.4, 0.5) is 0 Å². The van der Waals surface area contributed by atoms with Crippen LogP contribution in [0.5, 0.6) is 0 Å². The minimum Gasteiger partial charge on any atom is -0.388 e. The van der Waals surface area contributed by atoms with Gasteiger partial charge in [-0.25, -0.2) is 0 Å². The molecular formula is C19H33NO. The highest BCUT2D eigenvalue weighted by Crippen LogP contribution is 2.55. The Morgan fingerprint density at radius 1 is 1.14 bits per heavy atom. The molecule has 2 rings (SSSR count). The van der Waals surface area contributed by atoms with Crippen LogP contribution in [0, 0.1) is 34.5 Å². The molecule has 0 heterocycles. The van der Waals surface area contributed by atoms with E-state index in [4.69, 9.17) is 0 Å². The van der Waals surface area contributed by atoms with Crippen molar-refractivity contribution >= 4 is 0 Å². The van der Waals surface area contributed by atoms with Gasteiger partial charge in [0.05, 0.1) is 17.1 Å². The van der Waals surface area contributed by atoms with Crippen LogP contribution in [0.1, 0.15) is 85.0 Å². The average Bonchev–Trinajstić information content (AvgIpc) is 2.48. The van der Waals surface area contributed by atoms with Gasteiger partial charge in [-0.15, -0.1) is 0 Å². The molecule has 2 saturated carbocycles. The van der Waals surface area contributed by atoms with Crippen LogP contribution >= 0.6 is 0 Å². The van der Waals surface area contributed by atoms with Gasteiger partial charge in [-0.05, 0) is 56.3 Å². The highest BCUT2D eigenvalue weighted by atomic mass is 16.3. The van der Waals surface area contributed by atoms with Crippen LogP contribution in [0.3, 0.4) is 0 Å². The minimum atomic E-state index is -0.745. The number of hydrogen-bond acceptors (Lipinski definition) is 2. The van der Waals surface area contributed by atoms with Gasteiger partial charge in [-0.2, -0.15) is 5.26 Å².